The molecule has 27 heavy (non-hydrogen) atoms. The van der Waals surface area contributed by atoms with Crippen molar-refractivity contribution in [2.24, 2.45) is 0 Å². The zero-order valence-electron chi connectivity index (χ0n) is 15.8. The molecule has 0 fully saturated rings. The average molecular weight is 388 g/mol. The van der Waals surface area contributed by atoms with Crippen molar-refractivity contribution in [2.45, 2.75) is 52.1 Å². The van der Waals surface area contributed by atoms with E-state index in [1.54, 1.807) is 12.1 Å². The zero-order chi connectivity index (χ0) is 19.9. The number of unbranched alkanes of at least 4 members (excludes halogenated alkanes) is 2. The summed E-state index contributed by atoms with van der Waals surface area (Å²) in [5.41, 5.74) is 0.958. The van der Waals surface area contributed by atoms with Gasteiger partial charge in [0.15, 0.2) is 5.01 Å². The maximum absolute atomic E-state index is 12.0. The average Bonchev–Trinajstić information content (AvgIpc) is 2.98. The molecule has 0 aliphatic carbocycles. The number of anilines is 1. The second-order valence-corrected chi connectivity index (χ2v) is 8.13. The molecule has 2 amide bonds. The Kier molecular flexibility index (Phi) is 7.13. The number of carbonyl (C=O) groups is 2. The fourth-order valence-corrected chi connectivity index (χ4v) is 3.17. The third-order valence-corrected chi connectivity index (χ3v) is 4.44. The number of aromatic nitrogens is 1. The molecular weight excluding hydrogens is 364 g/mol. The summed E-state index contributed by atoms with van der Waals surface area (Å²) in [6, 6.07) is 7.43. The fraction of sp³-hybridized carbons (Fsp3) is 0.474. The Labute approximate surface area is 162 Å². The van der Waals surface area contributed by atoms with Crippen LogP contribution in [0.5, 0.6) is 0 Å². The van der Waals surface area contributed by atoms with Gasteiger partial charge in [-0.1, -0.05) is 6.42 Å². The number of alkyl carbamates (subject to hydrolysis) is 1. The lowest BCUT2D eigenvalue weighted by molar-refractivity contribution is -0.116. The number of benzene rings is 1. The van der Waals surface area contributed by atoms with Crippen molar-refractivity contribution in [3.63, 3.8) is 0 Å². The summed E-state index contributed by atoms with van der Waals surface area (Å²) in [6.45, 7) is 5.99. The van der Waals surface area contributed by atoms with E-state index in [0.29, 0.717) is 23.7 Å². The minimum Gasteiger partial charge on any atom is -0.444 e. The second-order valence-electron chi connectivity index (χ2n) is 7.10. The van der Waals surface area contributed by atoms with Crippen molar-refractivity contribution >= 4 is 39.2 Å². The predicted molar refractivity (Wildman–Crippen MR) is 106 cm³/mol. The van der Waals surface area contributed by atoms with E-state index in [0.717, 1.165) is 29.5 Å². The van der Waals surface area contributed by atoms with E-state index in [4.69, 9.17) is 10.00 Å². The highest BCUT2D eigenvalue weighted by atomic mass is 32.1. The first-order valence-electron chi connectivity index (χ1n) is 8.84. The first-order chi connectivity index (χ1) is 12.8. The van der Waals surface area contributed by atoms with Gasteiger partial charge in [0.2, 0.25) is 5.91 Å². The number of hydrogen-bond acceptors (Lipinski definition) is 6. The summed E-state index contributed by atoms with van der Waals surface area (Å²) in [4.78, 5) is 27.7. The van der Waals surface area contributed by atoms with Gasteiger partial charge in [-0.3, -0.25) is 4.79 Å². The van der Waals surface area contributed by atoms with E-state index in [2.05, 4.69) is 15.6 Å². The Hall–Kier alpha value is -2.66. The van der Waals surface area contributed by atoms with Gasteiger partial charge >= 0.3 is 6.09 Å². The molecule has 8 heteroatoms. The number of carbonyl (C=O) groups excluding carboxylic acids is 2. The Balaban J connectivity index is 1.65. The number of fused-ring (bicyclic) bond motifs is 1. The molecule has 0 atom stereocenters. The molecule has 0 spiro atoms. The molecule has 0 radical (unpaired) electrons. The van der Waals surface area contributed by atoms with Crippen LogP contribution in [0.1, 0.15) is 51.5 Å². The molecule has 0 saturated heterocycles. The van der Waals surface area contributed by atoms with Gasteiger partial charge in [0, 0.05) is 18.7 Å². The van der Waals surface area contributed by atoms with Crippen LogP contribution in [0.2, 0.25) is 0 Å². The van der Waals surface area contributed by atoms with Gasteiger partial charge < -0.3 is 15.4 Å². The van der Waals surface area contributed by atoms with Gasteiger partial charge in [0.05, 0.1) is 10.2 Å². The molecule has 2 N–H and O–H groups in total. The van der Waals surface area contributed by atoms with E-state index >= 15 is 0 Å². The van der Waals surface area contributed by atoms with Crippen molar-refractivity contribution in [2.75, 3.05) is 11.9 Å². The highest BCUT2D eigenvalue weighted by Crippen LogP contribution is 2.25. The van der Waals surface area contributed by atoms with Crippen LogP contribution in [0.15, 0.2) is 18.2 Å². The molecule has 1 heterocycles. The quantitative estimate of drug-likeness (QED) is 0.692. The fourth-order valence-electron chi connectivity index (χ4n) is 2.37. The van der Waals surface area contributed by atoms with Crippen LogP contribution in [-0.2, 0) is 9.53 Å². The first-order valence-corrected chi connectivity index (χ1v) is 9.66. The minimum atomic E-state index is -0.499. The van der Waals surface area contributed by atoms with Gasteiger partial charge in [-0.05, 0) is 51.8 Å². The van der Waals surface area contributed by atoms with E-state index < -0.39 is 11.7 Å². The van der Waals surface area contributed by atoms with Crippen molar-refractivity contribution in [1.82, 2.24) is 10.3 Å². The molecule has 0 aliphatic rings. The molecular formula is C19H24N4O3S. The highest BCUT2D eigenvalue weighted by Gasteiger charge is 2.15. The largest absolute Gasteiger partial charge is 0.444 e. The van der Waals surface area contributed by atoms with Crippen molar-refractivity contribution in [3.05, 3.63) is 23.2 Å². The molecule has 0 aliphatic heterocycles. The number of rotatable bonds is 7. The summed E-state index contributed by atoms with van der Waals surface area (Å²) < 4.78 is 6.03. The smallest absolute Gasteiger partial charge is 0.407 e. The summed E-state index contributed by atoms with van der Waals surface area (Å²) in [6.07, 6.45) is 2.36. The molecule has 7 nitrogen and oxygen atoms in total. The van der Waals surface area contributed by atoms with E-state index in [1.807, 2.05) is 32.9 Å². The van der Waals surface area contributed by atoms with Gasteiger partial charge in [0.1, 0.15) is 11.7 Å². The molecule has 0 bridgehead atoms. The van der Waals surface area contributed by atoms with Gasteiger partial charge in [0.25, 0.3) is 0 Å². The SMILES string of the molecule is CC(C)(C)OC(=O)NCCCCCC(=O)Nc1ccc2nc(C#N)sc2c1. The molecule has 144 valence electrons. The van der Waals surface area contributed by atoms with E-state index in [-0.39, 0.29) is 5.91 Å². The molecule has 0 unspecified atom stereocenters. The second kappa shape index (κ2) is 9.33. The topological polar surface area (TPSA) is 104 Å². The standard InChI is InChI=1S/C19H24N4O3S/c1-19(2,3)26-18(25)21-10-6-4-5-7-16(24)22-13-8-9-14-15(11-13)27-17(12-20)23-14/h8-9,11H,4-7,10H2,1-3H3,(H,21,25)(H,22,24). The maximum Gasteiger partial charge on any atom is 0.407 e. The number of amides is 2. The number of hydrogen-bond donors (Lipinski definition) is 2. The number of nitrogens with one attached hydrogen (secondary N) is 2. The summed E-state index contributed by atoms with van der Waals surface area (Å²) in [5.74, 6) is -0.0560. The van der Waals surface area contributed by atoms with Gasteiger partial charge in [-0.25, -0.2) is 9.78 Å². The van der Waals surface area contributed by atoms with Crippen LogP contribution < -0.4 is 10.6 Å². The predicted octanol–water partition coefficient (Wildman–Crippen LogP) is 4.19. The number of thiazole rings is 1. The molecule has 2 aromatic rings. The summed E-state index contributed by atoms with van der Waals surface area (Å²) >= 11 is 1.30. The monoisotopic (exact) mass is 388 g/mol. The summed E-state index contributed by atoms with van der Waals surface area (Å²) in [5, 5.41) is 14.9. The van der Waals surface area contributed by atoms with Crippen LogP contribution in [-0.4, -0.2) is 29.1 Å². The number of nitriles is 1. The first kappa shape index (κ1) is 20.6. The Morgan fingerprint density at radius 2 is 2.04 bits per heavy atom. The number of ether oxygens (including phenoxy) is 1. The van der Waals surface area contributed by atoms with Crippen LogP contribution in [0.3, 0.4) is 0 Å². The maximum atomic E-state index is 12.0. The van der Waals surface area contributed by atoms with Crippen molar-refractivity contribution < 1.29 is 14.3 Å². The lowest BCUT2D eigenvalue weighted by Gasteiger charge is -2.19. The molecule has 1 aromatic carbocycles. The van der Waals surface area contributed by atoms with Gasteiger partial charge in [-0.2, -0.15) is 5.26 Å². The Morgan fingerprint density at radius 1 is 1.26 bits per heavy atom. The van der Waals surface area contributed by atoms with Crippen LogP contribution in [0.25, 0.3) is 10.2 Å². The van der Waals surface area contributed by atoms with Crippen molar-refractivity contribution in [1.29, 1.82) is 5.26 Å². The lowest BCUT2D eigenvalue weighted by Crippen LogP contribution is -2.33. The van der Waals surface area contributed by atoms with Gasteiger partial charge in [-0.15, -0.1) is 11.3 Å². The normalized spacial score (nSPS) is 11.0. The van der Waals surface area contributed by atoms with E-state index in [9.17, 15) is 9.59 Å². The van der Waals surface area contributed by atoms with Crippen LogP contribution >= 0.6 is 11.3 Å². The molecule has 0 saturated carbocycles. The summed E-state index contributed by atoms with van der Waals surface area (Å²) in [7, 11) is 0. The van der Waals surface area contributed by atoms with Crippen molar-refractivity contribution in [3.8, 4) is 6.07 Å². The van der Waals surface area contributed by atoms with Crippen LogP contribution in [0, 0.1) is 11.3 Å². The molecule has 1 aromatic heterocycles. The van der Waals surface area contributed by atoms with E-state index in [1.165, 1.54) is 11.3 Å². The third kappa shape index (κ3) is 7.23. The highest BCUT2D eigenvalue weighted by molar-refractivity contribution is 7.19. The minimum absolute atomic E-state index is 0.0560. The molecule has 2 rings (SSSR count). The zero-order valence-corrected chi connectivity index (χ0v) is 16.6. The Bertz CT molecular complexity index is 849. The number of nitrogens with zero attached hydrogens (tertiary/aromatic N) is 2. The third-order valence-electron chi connectivity index (χ3n) is 3.52. The Morgan fingerprint density at radius 3 is 2.74 bits per heavy atom. The van der Waals surface area contributed by atoms with Crippen LogP contribution in [0.4, 0.5) is 10.5 Å². The lowest BCUT2D eigenvalue weighted by atomic mass is 10.2.